The molecule has 2 heterocycles. The summed E-state index contributed by atoms with van der Waals surface area (Å²) in [4.78, 5) is 14.1. The third-order valence-electron chi connectivity index (χ3n) is 3.36. The Bertz CT molecular complexity index is 564. The fraction of sp³-hybridized carbons (Fsp3) is 0.462. The van der Waals surface area contributed by atoms with Crippen LogP contribution in [0, 0.1) is 0 Å². The number of piperidine rings is 1. The maximum Gasteiger partial charge on any atom is 0.421 e. The molecule has 0 aliphatic carbocycles. The molecule has 0 atom stereocenters. The van der Waals surface area contributed by atoms with Crippen LogP contribution >= 0.6 is 0 Å². The van der Waals surface area contributed by atoms with Gasteiger partial charge in [-0.05, 0) is 38.1 Å². The van der Waals surface area contributed by atoms with Crippen molar-refractivity contribution < 1.29 is 4.42 Å². The fourth-order valence-electron chi connectivity index (χ4n) is 2.45. The largest absolute Gasteiger partial charge is 0.421 e. The zero-order valence-electron chi connectivity index (χ0n) is 9.76. The number of hydrogen-bond donors (Lipinski definition) is 0. The van der Waals surface area contributed by atoms with E-state index in [9.17, 15) is 4.79 Å². The summed E-state index contributed by atoms with van der Waals surface area (Å²) >= 11 is 0. The second-order valence-electron chi connectivity index (χ2n) is 4.58. The first-order valence-electron chi connectivity index (χ1n) is 6.15. The first-order valence-corrected chi connectivity index (χ1v) is 6.15. The Hall–Kier alpha value is -1.55. The number of rotatable bonds is 2. The molecule has 4 heteroatoms. The van der Waals surface area contributed by atoms with Gasteiger partial charge in [0.1, 0.15) is 0 Å². The molecule has 0 amide bonds. The maximum atomic E-state index is 11.8. The van der Waals surface area contributed by atoms with Gasteiger partial charge in [0.15, 0.2) is 5.58 Å². The molecule has 90 valence electrons. The van der Waals surface area contributed by atoms with Gasteiger partial charge in [0.05, 0.1) is 12.2 Å². The summed E-state index contributed by atoms with van der Waals surface area (Å²) < 4.78 is 6.94. The summed E-state index contributed by atoms with van der Waals surface area (Å²) in [6, 6.07) is 7.59. The standard InChI is InChI=1S/C13H16N2O2/c16-13-15(10-14-8-4-1-5-9-14)11-6-2-3-7-12(11)17-13/h2-3,6-7H,1,4-5,8-10H2. The van der Waals surface area contributed by atoms with Crippen molar-refractivity contribution in [3.05, 3.63) is 34.8 Å². The van der Waals surface area contributed by atoms with Gasteiger partial charge < -0.3 is 4.42 Å². The average Bonchev–Trinajstić information content (AvgIpc) is 2.68. The van der Waals surface area contributed by atoms with E-state index in [1.165, 1.54) is 19.3 Å². The van der Waals surface area contributed by atoms with E-state index < -0.39 is 0 Å². The molecule has 4 nitrogen and oxygen atoms in total. The van der Waals surface area contributed by atoms with E-state index in [4.69, 9.17) is 4.42 Å². The van der Waals surface area contributed by atoms with E-state index in [0.717, 1.165) is 18.6 Å². The molecule has 0 N–H and O–H groups in total. The highest BCUT2D eigenvalue weighted by molar-refractivity contribution is 5.72. The maximum absolute atomic E-state index is 11.8. The van der Waals surface area contributed by atoms with Crippen LogP contribution in [0.1, 0.15) is 19.3 Å². The molecule has 2 aromatic rings. The summed E-state index contributed by atoms with van der Waals surface area (Å²) in [6.45, 7) is 2.80. The Kier molecular flexibility index (Phi) is 2.73. The third-order valence-corrected chi connectivity index (χ3v) is 3.36. The van der Waals surface area contributed by atoms with Gasteiger partial charge in [-0.15, -0.1) is 0 Å². The Morgan fingerprint density at radius 2 is 1.88 bits per heavy atom. The van der Waals surface area contributed by atoms with Gasteiger partial charge in [-0.1, -0.05) is 18.6 Å². The lowest BCUT2D eigenvalue weighted by Crippen LogP contribution is -2.34. The van der Waals surface area contributed by atoms with Crippen molar-refractivity contribution in [3.63, 3.8) is 0 Å². The number of fused-ring (bicyclic) bond motifs is 1. The van der Waals surface area contributed by atoms with Crippen molar-refractivity contribution in [1.29, 1.82) is 0 Å². The molecule has 1 aromatic carbocycles. The zero-order valence-corrected chi connectivity index (χ0v) is 9.76. The lowest BCUT2D eigenvalue weighted by Gasteiger charge is -2.26. The molecule has 1 saturated heterocycles. The SMILES string of the molecule is O=c1oc2ccccc2n1CN1CCCCC1. The van der Waals surface area contributed by atoms with E-state index in [-0.39, 0.29) is 5.76 Å². The van der Waals surface area contributed by atoms with Crippen LogP contribution in [0.3, 0.4) is 0 Å². The normalized spacial score (nSPS) is 17.6. The molecular weight excluding hydrogens is 216 g/mol. The molecule has 17 heavy (non-hydrogen) atoms. The minimum absolute atomic E-state index is 0.253. The van der Waals surface area contributed by atoms with Crippen LogP contribution in [-0.4, -0.2) is 22.6 Å². The molecule has 1 aromatic heterocycles. The Labute approximate surface area is 99.4 Å². The van der Waals surface area contributed by atoms with Gasteiger partial charge in [0.25, 0.3) is 0 Å². The van der Waals surface area contributed by atoms with Crippen LogP contribution in [0.4, 0.5) is 0 Å². The summed E-state index contributed by atoms with van der Waals surface area (Å²) in [5.41, 5.74) is 1.57. The van der Waals surface area contributed by atoms with Crippen LogP contribution in [-0.2, 0) is 6.67 Å². The smallest absolute Gasteiger partial charge is 0.408 e. The molecule has 1 aliphatic heterocycles. The predicted molar refractivity (Wildman–Crippen MR) is 65.9 cm³/mol. The van der Waals surface area contributed by atoms with Crippen LogP contribution < -0.4 is 5.76 Å². The lowest BCUT2D eigenvalue weighted by atomic mass is 10.1. The van der Waals surface area contributed by atoms with Gasteiger partial charge in [0, 0.05) is 0 Å². The number of nitrogens with zero attached hydrogens (tertiary/aromatic N) is 2. The Balaban J connectivity index is 1.93. The predicted octanol–water partition coefficient (Wildman–Crippen LogP) is 2.04. The molecule has 0 unspecified atom stereocenters. The minimum Gasteiger partial charge on any atom is -0.408 e. The first-order chi connectivity index (χ1) is 8.34. The summed E-state index contributed by atoms with van der Waals surface area (Å²) in [6.07, 6.45) is 3.76. The zero-order chi connectivity index (χ0) is 11.7. The van der Waals surface area contributed by atoms with Crippen LogP contribution in [0.5, 0.6) is 0 Å². The van der Waals surface area contributed by atoms with Crippen molar-refractivity contribution >= 4 is 11.1 Å². The highest BCUT2D eigenvalue weighted by Gasteiger charge is 2.14. The topological polar surface area (TPSA) is 38.4 Å². The number of benzene rings is 1. The highest BCUT2D eigenvalue weighted by atomic mass is 16.4. The van der Waals surface area contributed by atoms with Gasteiger partial charge in [-0.2, -0.15) is 0 Å². The molecule has 0 saturated carbocycles. The van der Waals surface area contributed by atoms with Gasteiger partial charge in [-0.3, -0.25) is 9.47 Å². The number of hydrogen-bond acceptors (Lipinski definition) is 3. The second-order valence-corrected chi connectivity index (χ2v) is 4.58. The summed E-state index contributed by atoms with van der Waals surface area (Å²) in [7, 11) is 0. The average molecular weight is 232 g/mol. The molecule has 1 aliphatic rings. The summed E-state index contributed by atoms with van der Waals surface area (Å²) in [5, 5.41) is 0. The van der Waals surface area contributed by atoms with E-state index in [1.54, 1.807) is 4.57 Å². The minimum atomic E-state index is -0.253. The van der Waals surface area contributed by atoms with Gasteiger partial charge in [-0.25, -0.2) is 4.79 Å². The number of oxazole rings is 1. The highest BCUT2D eigenvalue weighted by Crippen LogP contribution is 2.14. The van der Waals surface area contributed by atoms with Gasteiger partial charge in [0.2, 0.25) is 0 Å². The molecule has 0 bridgehead atoms. The van der Waals surface area contributed by atoms with Crippen LogP contribution in [0.15, 0.2) is 33.5 Å². The van der Waals surface area contributed by atoms with Crippen LogP contribution in [0.2, 0.25) is 0 Å². The van der Waals surface area contributed by atoms with E-state index in [0.29, 0.717) is 12.3 Å². The van der Waals surface area contributed by atoms with E-state index in [2.05, 4.69) is 4.90 Å². The van der Waals surface area contributed by atoms with E-state index in [1.807, 2.05) is 24.3 Å². The lowest BCUT2D eigenvalue weighted by molar-refractivity contribution is 0.179. The van der Waals surface area contributed by atoms with Crippen molar-refractivity contribution in [2.24, 2.45) is 0 Å². The van der Waals surface area contributed by atoms with E-state index >= 15 is 0 Å². The third kappa shape index (κ3) is 2.00. The molecule has 1 fully saturated rings. The second kappa shape index (κ2) is 4.37. The Morgan fingerprint density at radius 1 is 1.12 bits per heavy atom. The molecule has 0 spiro atoms. The van der Waals surface area contributed by atoms with Crippen LogP contribution in [0.25, 0.3) is 11.1 Å². The molecule has 0 radical (unpaired) electrons. The number of aromatic nitrogens is 1. The number of para-hydroxylation sites is 2. The van der Waals surface area contributed by atoms with Crippen molar-refractivity contribution in [2.75, 3.05) is 13.1 Å². The summed E-state index contributed by atoms with van der Waals surface area (Å²) in [5.74, 6) is -0.253. The Morgan fingerprint density at radius 3 is 2.71 bits per heavy atom. The number of likely N-dealkylation sites (tertiary alicyclic amines) is 1. The molecule has 3 rings (SSSR count). The van der Waals surface area contributed by atoms with Crippen molar-refractivity contribution in [1.82, 2.24) is 9.47 Å². The molecular formula is C13H16N2O2. The van der Waals surface area contributed by atoms with Gasteiger partial charge >= 0.3 is 5.76 Å². The monoisotopic (exact) mass is 232 g/mol. The van der Waals surface area contributed by atoms with Crippen molar-refractivity contribution in [3.8, 4) is 0 Å². The fourth-order valence-corrected chi connectivity index (χ4v) is 2.45. The van der Waals surface area contributed by atoms with Crippen molar-refractivity contribution in [2.45, 2.75) is 25.9 Å². The quantitative estimate of drug-likeness (QED) is 0.795. The first kappa shape index (κ1) is 10.6.